The summed E-state index contributed by atoms with van der Waals surface area (Å²) in [6, 6.07) is 10.6. The Morgan fingerprint density at radius 2 is 2.10 bits per heavy atom. The van der Waals surface area contributed by atoms with Gasteiger partial charge in [0.05, 0.1) is 12.6 Å². The maximum atomic E-state index is 12.8. The molecule has 3 rings (SSSR count). The molecular weight excluding hydrogens is 374 g/mol. The summed E-state index contributed by atoms with van der Waals surface area (Å²) >= 11 is 0. The third kappa shape index (κ3) is 6.53. The molecule has 0 unspecified atom stereocenters. The summed E-state index contributed by atoms with van der Waals surface area (Å²) in [6.07, 6.45) is 6.69. The lowest BCUT2D eigenvalue weighted by Gasteiger charge is -2.24. The highest BCUT2D eigenvalue weighted by molar-refractivity contribution is 5.82. The van der Waals surface area contributed by atoms with Crippen molar-refractivity contribution >= 4 is 5.91 Å². The van der Waals surface area contributed by atoms with Crippen LogP contribution in [0.15, 0.2) is 54.1 Å². The summed E-state index contributed by atoms with van der Waals surface area (Å²) in [4.78, 5) is 15.1. The number of benzene rings is 1. The predicted octanol–water partition coefficient (Wildman–Crippen LogP) is 3.28. The number of methoxy groups -OCH3 is 1. The van der Waals surface area contributed by atoms with Crippen LogP contribution in [0.3, 0.4) is 0 Å². The molecule has 1 amide bonds. The summed E-state index contributed by atoms with van der Waals surface area (Å²) < 4.78 is 5.07. The van der Waals surface area contributed by atoms with E-state index in [-0.39, 0.29) is 11.9 Å². The number of nitrogens with one attached hydrogen (secondary N) is 2. The maximum Gasteiger partial charge on any atom is 0.237 e. The van der Waals surface area contributed by atoms with Gasteiger partial charge in [-0.3, -0.25) is 9.69 Å². The van der Waals surface area contributed by atoms with Gasteiger partial charge in [-0.1, -0.05) is 54.1 Å². The lowest BCUT2D eigenvalue weighted by Crippen LogP contribution is -2.43. The van der Waals surface area contributed by atoms with Crippen LogP contribution in [0.4, 0.5) is 0 Å². The molecule has 5 nitrogen and oxygen atoms in total. The quantitative estimate of drug-likeness (QED) is 0.458. The minimum absolute atomic E-state index is 0.104. The van der Waals surface area contributed by atoms with E-state index in [0.29, 0.717) is 25.1 Å². The highest BCUT2D eigenvalue weighted by Crippen LogP contribution is 2.28. The topological polar surface area (TPSA) is 53.6 Å². The van der Waals surface area contributed by atoms with E-state index < -0.39 is 0 Å². The van der Waals surface area contributed by atoms with Gasteiger partial charge < -0.3 is 15.4 Å². The van der Waals surface area contributed by atoms with Crippen molar-refractivity contribution in [1.29, 1.82) is 0 Å². The Hall–Kier alpha value is -1.95. The van der Waals surface area contributed by atoms with Gasteiger partial charge in [-0.2, -0.15) is 0 Å². The van der Waals surface area contributed by atoms with Crippen LogP contribution in [-0.2, 0) is 16.1 Å². The largest absolute Gasteiger partial charge is 0.383 e. The first kappa shape index (κ1) is 22.7. The number of rotatable bonds is 10. The molecule has 0 saturated carbocycles. The van der Waals surface area contributed by atoms with Gasteiger partial charge in [0, 0.05) is 39.3 Å². The van der Waals surface area contributed by atoms with Gasteiger partial charge in [0.25, 0.3) is 0 Å². The van der Waals surface area contributed by atoms with Crippen molar-refractivity contribution in [2.24, 2.45) is 5.92 Å². The van der Waals surface area contributed by atoms with Crippen LogP contribution < -0.4 is 10.6 Å². The fourth-order valence-electron chi connectivity index (χ4n) is 4.48. The predicted molar refractivity (Wildman–Crippen MR) is 122 cm³/mol. The average molecular weight is 412 g/mol. The van der Waals surface area contributed by atoms with E-state index in [1.807, 2.05) is 6.07 Å². The minimum Gasteiger partial charge on any atom is -0.383 e. The van der Waals surface area contributed by atoms with Crippen molar-refractivity contribution < 1.29 is 9.53 Å². The maximum absolute atomic E-state index is 12.8. The van der Waals surface area contributed by atoms with E-state index in [9.17, 15) is 4.79 Å². The van der Waals surface area contributed by atoms with E-state index in [1.165, 1.54) is 23.1 Å². The van der Waals surface area contributed by atoms with Gasteiger partial charge in [0.15, 0.2) is 0 Å². The number of hydrogen-bond donors (Lipinski definition) is 2. The van der Waals surface area contributed by atoms with Crippen molar-refractivity contribution in [2.45, 2.75) is 51.2 Å². The van der Waals surface area contributed by atoms with Gasteiger partial charge in [-0.15, -0.1) is 0 Å². The molecule has 1 saturated heterocycles. The molecule has 2 N–H and O–H groups in total. The Balaban J connectivity index is 1.56. The molecule has 1 heterocycles. The second-order valence-electron chi connectivity index (χ2n) is 8.71. The van der Waals surface area contributed by atoms with Crippen molar-refractivity contribution in [3.05, 3.63) is 59.7 Å². The van der Waals surface area contributed by atoms with Crippen LogP contribution in [0, 0.1) is 5.92 Å². The number of carbonyl (C=O) groups is 1. The van der Waals surface area contributed by atoms with Crippen LogP contribution in [0.2, 0.25) is 0 Å². The molecule has 1 aromatic carbocycles. The highest BCUT2D eigenvalue weighted by atomic mass is 16.5. The normalized spacial score (nSPS) is 24.5. The van der Waals surface area contributed by atoms with Crippen LogP contribution in [0.1, 0.15) is 38.2 Å². The molecule has 1 aliphatic carbocycles. The Bertz CT molecular complexity index is 731. The number of likely N-dealkylation sites (tertiary alicyclic amines) is 1. The van der Waals surface area contributed by atoms with Gasteiger partial charge in [-0.05, 0) is 44.1 Å². The first-order valence-electron chi connectivity index (χ1n) is 11.2. The molecule has 164 valence electrons. The molecule has 3 atom stereocenters. The number of hydrogen-bond acceptors (Lipinski definition) is 4. The molecule has 0 aromatic heterocycles. The molecule has 2 aliphatic rings. The molecule has 0 bridgehead atoms. The molecule has 1 fully saturated rings. The standard InChI is InChI=1S/C25H37N3O2/c1-19(2)22-11-9-20(10-12-22)16-27-23-15-24(25(29)26-13-14-30-3)28(18-23)17-21-7-5-4-6-8-21/h4-9,22-24,27H,1,10-18H2,2-3H3,(H,26,29)/t22-,23+,24+/m1/s1. The fraction of sp³-hybridized carbons (Fsp3) is 0.560. The lowest BCUT2D eigenvalue weighted by atomic mass is 9.85. The van der Waals surface area contributed by atoms with Crippen molar-refractivity contribution in [3.63, 3.8) is 0 Å². The first-order valence-corrected chi connectivity index (χ1v) is 11.2. The number of nitrogens with zero attached hydrogens (tertiary/aromatic N) is 1. The SMILES string of the molecule is C=C(C)[C@@H]1CC=C(CN[C@H]2C[C@@H](C(=O)NCCOC)N(Cc3ccccc3)C2)CC1. The third-order valence-electron chi connectivity index (χ3n) is 6.36. The Morgan fingerprint density at radius 1 is 1.30 bits per heavy atom. The fourth-order valence-corrected chi connectivity index (χ4v) is 4.48. The van der Waals surface area contributed by atoms with E-state index in [2.05, 4.69) is 59.4 Å². The van der Waals surface area contributed by atoms with E-state index >= 15 is 0 Å². The Kier molecular flexibility index (Phi) is 8.67. The number of carbonyl (C=O) groups excluding carboxylic acids is 1. The molecule has 30 heavy (non-hydrogen) atoms. The highest BCUT2D eigenvalue weighted by Gasteiger charge is 2.36. The van der Waals surface area contributed by atoms with Crippen molar-refractivity contribution in [2.75, 3.05) is 33.4 Å². The number of ether oxygens (including phenoxy) is 1. The molecule has 5 heteroatoms. The zero-order chi connectivity index (χ0) is 21.3. The summed E-state index contributed by atoms with van der Waals surface area (Å²) in [5, 5.41) is 6.76. The monoisotopic (exact) mass is 411 g/mol. The first-order chi connectivity index (χ1) is 14.6. The van der Waals surface area contributed by atoms with Gasteiger partial charge >= 0.3 is 0 Å². The van der Waals surface area contributed by atoms with Gasteiger partial charge in [-0.25, -0.2) is 0 Å². The molecule has 0 radical (unpaired) electrons. The smallest absolute Gasteiger partial charge is 0.237 e. The Morgan fingerprint density at radius 3 is 2.77 bits per heavy atom. The lowest BCUT2D eigenvalue weighted by molar-refractivity contribution is -0.125. The Labute approximate surface area is 181 Å². The second kappa shape index (κ2) is 11.4. The van der Waals surface area contributed by atoms with E-state index in [0.717, 1.165) is 38.9 Å². The molecule has 0 spiro atoms. The summed E-state index contributed by atoms with van der Waals surface area (Å²) in [7, 11) is 1.65. The van der Waals surface area contributed by atoms with E-state index in [1.54, 1.807) is 7.11 Å². The van der Waals surface area contributed by atoms with Crippen LogP contribution in [0.5, 0.6) is 0 Å². The van der Waals surface area contributed by atoms with Crippen molar-refractivity contribution in [3.8, 4) is 0 Å². The summed E-state index contributed by atoms with van der Waals surface area (Å²) in [5.41, 5.74) is 4.04. The van der Waals surface area contributed by atoms with Crippen molar-refractivity contribution in [1.82, 2.24) is 15.5 Å². The number of allylic oxidation sites excluding steroid dienone is 2. The zero-order valence-corrected chi connectivity index (χ0v) is 18.5. The minimum atomic E-state index is -0.104. The third-order valence-corrected chi connectivity index (χ3v) is 6.36. The van der Waals surface area contributed by atoms with Crippen LogP contribution in [0.25, 0.3) is 0 Å². The second-order valence-corrected chi connectivity index (χ2v) is 8.71. The molecule has 1 aromatic rings. The average Bonchev–Trinajstić information content (AvgIpc) is 3.16. The zero-order valence-electron chi connectivity index (χ0n) is 18.5. The van der Waals surface area contributed by atoms with Gasteiger partial charge in [0.1, 0.15) is 0 Å². The van der Waals surface area contributed by atoms with E-state index in [4.69, 9.17) is 4.74 Å². The molecule has 1 aliphatic heterocycles. The van der Waals surface area contributed by atoms with Crippen LogP contribution >= 0.6 is 0 Å². The van der Waals surface area contributed by atoms with Crippen LogP contribution in [-0.4, -0.2) is 56.2 Å². The van der Waals surface area contributed by atoms with Gasteiger partial charge in [0.2, 0.25) is 5.91 Å². The molecular formula is C25H37N3O2. The summed E-state index contributed by atoms with van der Waals surface area (Å²) in [5.74, 6) is 0.746. The summed E-state index contributed by atoms with van der Waals surface area (Å²) in [6.45, 7) is 9.95. The number of amides is 1.